The summed E-state index contributed by atoms with van der Waals surface area (Å²) < 4.78 is 0. The molecule has 3 aromatic rings. The van der Waals surface area contributed by atoms with Gasteiger partial charge >= 0.3 is 0 Å². The van der Waals surface area contributed by atoms with Gasteiger partial charge in [0, 0.05) is 17.6 Å². The summed E-state index contributed by atoms with van der Waals surface area (Å²) in [5.41, 5.74) is 0.965. The van der Waals surface area contributed by atoms with Gasteiger partial charge in [-0.25, -0.2) is 9.97 Å². The van der Waals surface area contributed by atoms with Crippen molar-refractivity contribution >= 4 is 28.5 Å². The molecule has 0 saturated carbocycles. The summed E-state index contributed by atoms with van der Waals surface area (Å²) >= 11 is 1.66. The van der Waals surface area contributed by atoms with Crippen molar-refractivity contribution in [3.63, 3.8) is 0 Å². The second-order valence-electron chi connectivity index (χ2n) is 4.53. The molecule has 3 nitrogen and oxygen atoms in total. The van der Waals surface area contributed by atoms with Crippen LogP contribution in [0.25, 0.3) is 10.8 Å². The van der Waals surface area contributed by atoms with Crippen molar-refractivity contribution < 1.29 is 0 Å². The predicted octanol–water partition coefficient (Wildman–Crippen LogP) is 4.13. The Morgan fingerprint density at radius 1 is 0.950 bits per heavy atom. The quantitative estimate of drug-likeness (QED) is 0.732. The van der Waals surface area contributed by atoms with Gasteiger partial charge in [0.25, 0.3) is 0 Å². The van der Waals surface area contributed by atoms with Crippen LogP contribution < -0.4 is 5.32 Å². The highest BCUT2D eigenvalue weighted by molar-refractivity contribution is 7.99. The van der Waals surface area contributed by atoms with Crippen LogP contribution in [0.2, 0.25) is 0 Å². The van der Waals surface area contributed by atoms with Crippen LogP contribution in [0.3, 0.4) is 0 Å². The molecule has 1 aromatic heterocycles. The highest BCUT2D eigenvalue weighted by atomic mass is 32.2. The molecule has 0 aliphatic carbocycles. The van der Waals surface area contributed by atoms with Gasteiger partial charge in [0.05, 0.1) is 0 Å². The van der Waals surface area contributed by atoms with Crippen LogP contribution in [0, 0.1) is 6.92 Å². The minimum absolute atomic E-state index is 0.660. The first-order chi connectivity index (χ1) is 9.74. The lowest BCUT2D eigenvalue weighted by atomic mass is 10.1. The van der Waals surface area contributed by atoms with Crippen LogP contribution in [0.15, 0.2) is 58.5 Å². The summed E-state index contributed by atoms with van der Waals surface area (Å²) in [5.74, 6) is 0.660. The topological polar surface area (TPSA) is 37.8 Å². The number of aromatic nitrogens is 2. The zero-order valence-corrected chi connectivity index (χ0v) is 12.2. The van der Waals surface area contributed by atoms with E-state index >= 15 is 0 Å². The molecular weight excluding hydrogens is 266 g/mol. The van der Waals surface area contributed by atoms with Gasteiger partial charge in [-0.15, -0.1) is 0 Å². The largest absolute Gasteiger partial charge is 0.357 e. The van der Waals surface area contributed by atoms with E-state index in [1.54, 1.807) is 11.8 Å². The highest BCUT2D eigenvalue weighted by Gasteiger charge is 2.04. The average Bonchev–Trinajstić information content (AvgIpc) is 2.46. The van der Waals surface area contributed by atoms with E-state index in [1.807, 2.05) is 20.0 Å². The summed E-state index contributed by atoms with van der Waals surface area (Å²) in [5, 5.41) is 6.45. The minimum Gasteiger partial charge on any atom is -0.357 e. The molecule has 0 radical (unpaired) electrons. The molecule has 0 unspecified atom stereocenters. The van der Waals surface area contributed by atoms with Crippen molar-refractivity contribution in [2.45, 2.75) is 16.8 Å². The van der Waals surface area contributed by atoms with E-state index < -0.39 is 0 Å². The van der Waals surface area contributed by atoms with E-state index in [-0.39, 0.29) is 0 Å². The van der Waals surface area contributed by atoms with E-state index in [0.29, 0.717) is 5.95 Å². The number of hydrogen-bond donors (Lipinski definition) is 1. The van der Waals surface area contributed by atoms with Gasteiger partial charge < -0.3 is 5.32 Å². The average molecular weight is 281 g/mol. The maximum Gasteiger partial charge on any atom is 0.223 e. The van der Waals surface area contributed by atoms with E-state index in [0.717, 1.165) is 10.7 Å². The summed E-state index contributed by atoms with van der Waals surface area (Å²) in [4.78, 5) is 9.96. The smallest absolute Gasteiger partial charge is 0.223 e. The minimum atomic E-state index is 0.660. The molecule has 0 aliphatic rings. The van der Waals surface area contributed by atoms with Crippen molar-refractivity contribution in [1.82, 2.24) is 9.97 Å². The third kappa shape index (κ3) is 2.75. The van der Waals surface area contributed by atoms with E-state index in [1.165, 1.54) is 15.7 Å². The molecular formula is C16H15N3S. The number of nitrogens with one attached hydrogen (secondary N) is 1. The molecule has 4 heteroatoms. The number of nitrogens with zero attached hydrogens (tertiary/aromatic N) is 2. The maximum absolute atomic E-state index is 4.47. The fourth-order valence-electron chi connectivity index (χ4n) is 2.06. The summed E-state index contributed by atoms with van der Waals surface area (Å²) in [6.45, 7) is 1.98. The number of aryl methyl sites for hydroxylation is 1. The van der Waals surface area contributed by atoms with Crippen LogP contribution in [-0.2, 0) is 0 Å². The van der Waals surface area contributed by atoms with Crippen LogP contribution in [0.5, 0.6) is 0 Å². The first kappa shape index (κ1) is 12.9. The standard InChI is InChI=1S/C16H15N3S/c1-11-9-15(19-16(17-2)18-11)20-14-8-7-12-5-3-4-6-13(12)10-14/h3-10H,1-2H3,(H,17,18,19). The Morgan fingerprint density at radius 3 is 2.55 bits per heavy atom. The number of benzene rings is 2. The van der Waals surface area contributed by atoms with Crippen molar-refractivity contribution in [2.75, 3.05) is 12.4 Å². The fraction of sp³-hybridized carbons (Fsp3) is 0.125. The molecule has 100 valence electrons. The molecule has 2 aromatic carbocycles. The molecule has 0 bridgehead atoms. The molecule has 0 aliphatic heterocycles. The Morgan fingerprint density at radius 2 is 1.75 bits per heavy atom. The molecule has 0 atom stereocenters. The summed E-state index contributed by atoms with van der Waals surface area (Å²) in [6.07, 6.45) is 0. The van der Waals surface area contributed by atoms with Gasteiger partial charge in [-0.05, 0) is 35.9 Å². The number of fused-ring (bicyclic) bond motifs is 1. The second kappa shape index (κ2) is 5.51. The summed E-state index contributed by atoms with van der Waals surface area (Å²) in [7, 11) is 1.83. The van der Waals surface area contributed by atoms with Gasteiger partial charge in [0.15, 0.2) is 0 Å². The number of anilines is 1. The molecule has 0 spiro atoms. The zero-order valence-electron chi connectivity index (χ0n) is 11.4. The van der Waals surface area contributed by atoms with Gasteiger partial charge in [0.2, 0.25) is 5.95 Å². The van der Waals surface area contributed by atoms with Crippen molar-refractivity contribution in [3.05, 3.63) is 54.2 Å². The lowest BCUT2D eigenvalue weighted by Gasteiger charge is -2.06. The molecule has 20 heavy (non-hydrogen) atoms. The lowest BCUT2D eigenvalue weighted by Crippen LogP contribution is -1.98. The van der Waals surface area contributed by atoms with E-state index in [9.17, 15) is 0 Å². The van der Waals surface area contributed by atoms with E-state index in [2.05, 4.69) is 57.7 Å². The SMILES string of the molecule is CNc1nc(C)cc(Sc2ccc3ccccc3c2)n1. The highest BCUT2D eigenvalue weighted by Crippen LogP contribution is 2.29. The maximum atomic E-state index is 4.47. The Labute approximate surface area is 122 Å². The van der Waals surface area contributed by atoms with Gasteiger partial charge in [-0.1, -0.05) is 42.1 Å². The van der Waals surface area contributed by atoms with Crippen molar-refractivity contribution in [3.8, 4) is 0 Å². The van der Waals surface area contributed by atoms with Crippen LogP contribution >= 0.6 is 11.8 Å². The van der Waals surface area contributed by atoms with Crippen molar-refractivity contribution in [2.24, 2.45) is 0 Å². The third-order valence-electron chi connectivity index (χ3n) is 3.00. The van der Waals surface area contributed by atoms with E-state index in [4.69, 9.17) is 0 Å². The normalized spacial score (nSPS) is 10.7. The fourth-order valence-corrected chi connectivity index (χ4v) is 2.98. The molecule has 1 N–H and O–H groups in total. The van der Waals surface area contributed by atoms with Crippen LogP contribution in [0.1, 0.15) is 5.69 Å². The second-order valence-corrected chi connectivity index (χ2v) is 5.63. The van der Waals surface area contributed by atoms with Crippen LogP contribution in [-0.4, -0.2) is 17.0 Å². The summed E-state index contributed by atoms with van der Waals surface area (Å²) in [6, 6.07) is 16.8. The third-order valence-corrected chi connectivity index (χ3v) is 3.91. The lowest BCUT2D eigenvalue weighted by molar-refractivity contribution is 1.01. The molecule has 0 saturated heterocycles. The zero-order chi connectivity index (χ0) is 13.9. The number of rotatable bonds is 3. The van der Waals surface area contributed by atoms with Gasteiger partial charge in [0.1, 0.15) is 5.03 Å². The van der Waals surface area contributed by atoms with Crippen molar-refractivity contribution in [1.29, 1.82) is 0 Å². The molecule has 3 rings (SSSR count). The monoisotopic (exact) mass is 281 g/mol. The predicted molar refractivity (Wildman–Crippen MR) is 84.4 cm³/mol. The molecule has 0 fully saturated rings. The Balaban J connectivity index is 1.94. The first-order valence-corrected chi connectivity index (χ1v) is 7.26. The Kier molecular flexibility index (Phi) is 3.56. The first-order valence-electron chi connectivity index (χ1n) is 6.45. The molecule has 1 heterocycles. The number of hydrogen-bond acceptors (Lipinski definition) is 4. The molecule has 0 amide bonds. The Bertz CT molecular complexity index is 756. The van der Waals surface area contributed by atoms with Gasteiger partial charge in [-0.3, -0.25) is 0 Å². The van der Waals surface area contributed by atoms with Crippen LogP contribution in [0.4, 0.5) is 5.95 Å². The van der Waals surface area contributed by atoms with Gasteiger partial charge in [-0.2, -0.15) is 0 Å². The Hall–Kier alpha value is -2.07.